The molecule has 186 valence electrons. The molecular formula is C25H34ClN3O4S. The molecule has 0 heterocycles. The number of nitrogens with one attached hydrogen (secondary N) is 1. The molecule has 7 nitrogen and oxygen atoms in total. The summed E-state index contributed by atoms with van der Waals surface area (Å²) in [4.78, 5) is 27.3. The molecule has 34 heavy (non-hydrogen) atoms. The molecular weight excluding hydrogens is 474 g/mol. The standard InChI is InChI=1S/C25H34ClN3O4S/c1-6-27-25(31)20(4)28(17-21-11-8-7-10-18(21)2)24(30)12-9-15-29(34(5,32)33)23-16-22(26)14-13-19(23)3/h7-8,10-11,13-14,16,20H,6,9,12,15,17H2,1-5H3,(H,27,31)/t20-/m0/s1. The minimum atomic E-state index is -3.58. The predicted octanol–water partition coefficient (Wildman–Crippen LogP) is 4.06. The Morgan fingerprint density at radius 3 is 2.38 bits per heavy atom. The first-order chi connectivity index (χ1) is 16.0. The van der Waals surface area contributed by atoms with E-state index in [1.165, 1.54) is 4.31 Å². The number of nitrogens with zero attached hydrogens (tertiary/aromatic N) is 2. The molecule has 1 atom stereocenters. The first-order valence-corrected chi connectivity index (χ1v) is 13.5. The minimum absolute atomic E-state index is 0.0985. The molecule has 0 saturated carbocycles. The van der Waals surface area contributed by atoms with Crippen LogP contribution in [0, 0.1) is 13.8 Å². The van der Waals surface area contributed by atoms with Crippen LogP contribution >= 0.6 is 11.6 Å². The van der Waals surface area contributed by atoms with Crippen molar-refractivity contribution in [3.8, 4) is 0 Å². The first-order valence-electron chi connectivity index (χ1n) is 11.3. The minimum Gasteiger partial charge on any atom is -0.355 e. The number of sulfonamides is 1. The van der Waals surface area contributed by atoms with Gasteiger partial charge in [-0.3, -0.25) is 13.9 Å². The number of halogens is 1. The third-order valence-electron chi connectivity index (χ3n) is 5.71. The fourth-order valence-corrected chi connectivity index (χ4v) is 4.89. The molecule has 2 amide bonds. The van der Waals surface area contributed by atoms with Crippen LogP contribution in [-0.2, 0) is 26.2 Å². The van der Waals surface area contributed by atoms with Crippen molar-refractivity contribution in [3.05, 3.63) is 64.2 Å². The number of rotatable bonds is 11. The van der Waals surface area contributed by atoms with Gasteiger partial charge in [-0.15, -0.1) is 0 Å². The predicted molar refractivity (Wildman–Crippen MR) is 137 cm³/mol. The molecule has 9 heteroatoms. The molecule has 0 aliphatic heterocycles. The van der Waals surface area contributed by atoms with Crippen molar-refractivity contribution in [1.82, 2.24) is 10.2 Å². The van der Waals surface area contributed by atoms with E-state index in [1.807, 2.05) is 45.0 Å². The van der Waals surface area contributed by atoms with E-state index in [0.717, 1.165) is 22.9 Å². The van der Waals surface area contributed by atoms with E-state index >= 15 is 0 Å². The van der Waals surface area contributed by atoms with Crippen LogP contribution in [-0.4, -0.2) is 50.5 Å². The smallest absolute Gasteiger partial charge is 0.242 e. The largest absolute Gasteiger partial charge is 0.355 e. The van der Waals surface area contributed by atoms with E-state index in [4.69, 9.17) is 11.6 Å². The summed E-state index contributed by atoms with van der Waals surface area (Å²) in [5.74, 6) is -0.435. The van der Waals surface area contributed by atoms with Crippen LogP contribution in [0.25, 0.3) is 0 Å². The van der Waals surface area contributed by atoms with Gasteiger partial charge >= 0.3 is 0 Å². The van der Waals surface area contributed by atoms with Crippen LogP contribution in [0.5, 0.6) is 0 Å². The van der Waals surface area contributed by atoms with Crippen molar-refractivity contribution in [2.45, 2.75) is 53.1 Å². The van der Waals surface area contributed by atoms with Crippen molar-refractivity contribution >= 4 is 39.1 Å². The van der Waals surface area contributed by atoms with E-state index in [1.54, 1.807) is 30.0 Å². The average Bonchev–Trinajstić information content (AvgIpc) is 2.76. The number of aryl methyl sites for hydroxylation is 2. The Labute approximate surface area is 208 Å². The number of hydrogen-bond acceptors (Lipinski definition) is 4. The van der Waals surface area contributed by atoms with Crippen molar-refractivity contribution in [3.63, 3.8) is 0 Å². The number of carbonyl (C=O) groups excluding carboxylic acids is 2. The molecule has 0 radical (unpaired) electrons. The molecule has 2 aromatic rings. The summed E-state index contributed by atoms with van der Waals surface area (Å²) in [6.07, 6.45) is 1.53. The summed E-state index contributed by atoms with van der Waals surface area (Å²) in [7, 11) is -3.58. The van der Waals surface area contributed by atoms with Gasteiger partial charge in [-0.05, 0) is 62.9 Å². The summed E-state index contributed by atoms with van der Waals surface area (Å²) in [6.45, 7) is 8.21. The second-order valence-electron chi connectivity index (χ2n) is 8.39. The highest BCUT2D eigenvalue weighted by molar-refractivity contribution is 7.92. The Hall–Kier alpha value is -2.58. The van der Waals surface area contributed by atoms with Crippen LogP contribution in [0.1, 0.15) is 43.4 Å². The zero-order chi connectivity index (χ0) is 25.5. The van der Waals surface area contributed by atoms with Crippen LogP contribution in [0.3, 0.4) is 0 Å². The van der Waals surface area contributed by atoms with Crippen LogP contribution in [0.15, 0.2) is 42.5 Å². The van der Waals surface area contributed by atoms with E-state index in [9.17, 15) is 18.0 Å². The molecule has 0 fully saturated rings. The SMILES string of the molecule is CCNC(=O)[C@H](C)N(Cc1ccccc1C)C(=O)CCCN(c1cc(Cl)ccc1C)S(C)(=O)=O. The van der Waals surface area contributed by atoms with Gasteiger partial charge in [0.2, 0.25) is 21.8 Å². The maximum Gasteiger partial charge on any atom is 0.242 e. The monoisotopic (exact) mass is 507 g/mol. The second kappa shape index (κ2) is 12.2. The van der Waals surface area contributed by atoms with E-state index in [-0.39, 0.29) is 24.8 Å². The molecule has 0 spiro atoms. The van der Waals surface area contributed by atoms with Crippen molar-refractivity contribution in [2.24, 2.45) is 0 Å². The van der Waals surface area contributed by atoms with Gasteiger partial charge in [-0.2, -0.15) is 0 Å². The number of benzene rings is 2. The zero-order valence-electron chi connectivity index (χ0n) is 20.5. The van der Waals surface area contributed by atoms with Gasteiger partial charge in [-0.25, -0.2) is 8.42 Å². The number of amides is 2. The van der Waals surface area contributed by atoms with Gasteiger partial charge in [0.1, 0.15) is 6.04 Å². The van der Waals surface area contributed by atoms with E-state index in [2.05, 4.69) is 5.32 Å². The number of likely N-dealkylation sites (N-methyl/N-ethyl adjacent to an activating group) is 1. The van der Waals surface area contributed by atoms with Crippen LogP contribution in [0.2, 0.25) is 5.02 Å². The Kier molecular flexibility index (Phi) is 9.94. The third kappa shape index (κ3) is 7.46. The van der Waals surface area contributed by atoms with Gasteiger partial charge in [-0.1, -0.05) is 41.9 Å². The lowest BCUT2D eigenvalue weighted by Crippen LogP contribution is -2.47. The average molecular weight is 508 g/mol. The molecule has 2 rings (SSSR count). The number of anilines is 1. The van der Waals surface area contributed by atoms with Gasteiger partial charge in [0, 0.05) is 31.1 Å². The normalized spacial score (nSPS) is 12.2. The highest BCUT2D eigenvalue weighted by Gasteiger charge is 2.27. The fourth-order valence-electron chi connectivity index (χ4n) is 3.71. The lowest BCUT2D eigenvalue weighted by Gasteiger charge is -2.30. The van der Waals surface area contributed by atoms with E-state index < -0.39 is 16.1 Å². The second-order valence-corrected chi connectivity index (χ2v) is 10.7. The van der Waals surface area contributed by atoms with Crippen molar-refractivity contribution in [2.75, 3.05) is 23.7 Å². The number of carbonyl (C=O) groups is 2. The Bertz CT molecular complexity index is 1120. The van der Waals surface area contributed by atoms with Gasteiger partial charge in [0.25, 0.3) is 0 Å². The van der Waals surface area contributed by atoms with E-state index in [0.29, 0.717) is 30.2 Å². The molecule has 0 unspecified atom stereocenters. The topological polar surface area (TPSA) is 86.8 Å². The van der Waals surface area contributed by atoms with Crippen molar-refractivity contribution < 1.29 is 18.0 Å². The summed E-state index contributed by atoms with van der Waals surface area (Å²) < 4.78 is 26.3. The van der Waals surface area contributed by atoms with Gasteiger partial charge in [0.15, 0.2) is 0 Å². The Balaban J connectivity index is 2.20. The maximum absolute atomic E-state index is 13.3. The molecule has 0 aliphatic carbocycles. The summed E-state index contributed by atoms with van der Waals surface area (Å²) in [6, 6.07) is 12.2. The maximum atomic E-state index is 13.3. The summed E-state index contributed by atoms with van der Waals surface area (Å²) >= 11 is 6.10. The van der Waals surface area contributed by atoms with Gasteiger partial charge < -0.3 is 10.2 Å². The number of hydrogen-bond donors (Lipinski definition) is 1. The molecule has 0 saturated heterocycles. The van der Waals surface area contributed by atoms with Crippen LogP contribution < -0.4 is 9.62 Å². The molecule has 0 aliphatic rings. The Morgan fingerprint density at radius 1 is 1.09 bits per heavy atom. The lowest BCUT2D eigenvalue weighted by molar-refractivity contribution is -0.140. The molecule has 2 aromatic carbocycles. The van der Waals surface area contributed by atoms with Crippen molar-refractivity contribution in [1.29, 1.82) is 0 Å². The van der Waals surface area contributed by atoms with Crippen LogP contribution in [0.4, 0.5) is 5.69 Å². The molecule has 1 N–H and O–H groups in total. The molecule has 0 bridgehead atoms. The fraction of sp³-hybridized carbons (Fsp3) is 0.440. The highest BCUT2D eigenvalue weighted by Crippen LogP contribution is 2.27. The first kappa shape index (κ1) is 27.7. The summed E-state index contributed by atoms with van der Waals surface area (Å²) in [5.41, 5.74) is 3.25. The lowest BCUT2D eigenvalue weighted by atomic mass is 10.1. The molecule has 0 aromatic heterocycles. The highest BCUT2D eigenvalue weighted by atomic mass is 35.5. The zero-order valence-corrected chi connectivity index (χ0v) is 22.0. The Morgan fingerprint density at radius 2 is 1.76 bits per heavy atom. The summed E-state index contributed by atoms with van der Waals surface area (Å²) in [5, 5.41) is 3.21. The third-order valence-corrected chi connectivity index (χ3v) is 7.13. The quantitative estimate of drug-likeness (QED) is 0.497. The van der Waals surface area contributed by atoms with Gasteiger partial charge in [0.05, 0.1) is 11.9 Å².